The number of non-ortho nitro benzene ring substituents is 1. The summed E-state index contributed by atoms with van der Waals surface area (Å²) < 4.78 is 6.49. The highest BCUT2D eigenvalue weighted by Gasteiger charge is 2.11. The molecule has 0 bridgehead atoms. The number of carbonyl (C=O) groups excluding carboxylic acids is 1. The van der Waals surface area contributed by atoms with Crippen molar-refractivity contribution < 1.29 is 14.5 Å². The molecular formula is C14H10N6O4. The average Bonchev–Trinajstić information content (AvgIpc) is 3.09. The molecule has 0 amide bonds. The fourth-order valence-corrected chi connectivity index (χ4v) is 1.84. The SMILES string of the molecule is O=C(OCc1cn(-c2ccc([N+](=O)[O-])cc2)nn1)c1cnccn1. The van der Waals surface area contributed by atoms with Crippen LogP contribution in [0.25, 0.3) is 5.69 Å². The van der Waals surface area contributed by atoms with E-state index in [1.165, 1.54) is 35.4 Å². The van der Waals surface area contributed by atoms with Crippen molar-refractivity contribution in [1.82, 2.24) is 25.0 Å². The van der Waals surface area contributed by atoms with Crippen molar-refractivity contribution in [2.45, 2.75) is 6.61 Å². The second-order valence-corrected chi connectivity index (χ2v) is 4.59. The fraction of sp³-hybridized carbons (Fsp3) is 0.0714. The van der Waals surface area contributed by atoms with Gasteiger partial charge in [-0.2, -0.15) is 0 Å². The Kier molecular flexibility index (Phi) is 4.19. The Morgan fingerprint density at radius 2 is 2.04 bits per heavy atom. The highest BCUT2D eigenvalue weighted by Crippen LogP contribution is 2.14. The third kappa shape index (κ3) is 3.38. The van der Waals surface area contributed by atoms with E-state index in [4.69, 9.17) is 4.74 Å². The lowest BCUT2D eigenvalue weighted by Gasteiger charge is -2.01. The summed E-state index contributed by atoms with van der Waals surface area (Å²) in [4.78, 5) is 29.5. The Hall–Kier alpha value is -3.69. The lowest BCUT2D eigenvalue weighted by molar-refractivity contribution is -0.384. The van der Waals surface area contributed by atoms with Gasteiger partial charge in [-0.05, 0) is 12.1 Å². The zero-order valence-electron chi connectivity index (χ0n) is 12.1. The minimum Gasteiger partial charge on any atom is -0.454 e. The van der Waals surface area contributed by atoms with Gasteiger partial charge >= 0.3 is 5.97 Å². The Bertz CT molecular complexity index is 862. The number of nitro groups is 1. The lowest BCUT2D eigenvalue weighted by Crippen LogP contribution is -2.07. The molecule has 10 heteroatoms. The highest BCUT2D eigenvalue weighted by molar-refractivity contribution is 5.86. The number of nitro benzene ring substituents is 1. The van der Waals surface area contributed by atoms with Crippen LogP contribution in [0.15, 0.2) is 49.1 Å². The van der Waals surface area contributed by atoms with E-state index in [0.29, 0.717) is 11.4 Å². The molecule has 10 nitrogen and oxygen atoms in total. The lowest BCUT2D eigenvalue weighted by atomic mass is 10.3. The Balaban J connectivity index is 1.65. The topological polar surface area (TPSA) is 126 Å². The van der Waals surface area contributed by atoms with Crippen molar-refractivity contribution in [2.75, 3.05) is 0 Å². The van der Waals surface area contributed by atoms with Gasteiger partial charge in [0.2, 0.25) is 0 Å². The van der Waals surface area contributed by atoms with Gasteiger partial charge in [-0.15, -0.1) is 5.10 Å². The number of hydrogen-bond donors (Lipinski definition) is 0. The second kappa shape index (κ2) is 6.60. The van der Waals surface area contributed by atoms with Crippen LogP contribution in [-0.4, -0.2) is 35.9 Å². The molecule has 0 atom stereocenters. The molecule has 3 rings (SSSR count). The zero-order chi connectivity index (χ0) is 16.9. The van der Waals surface area contributed by atoms with Gasteiger partial charge in [0.05, 0.1) is 23.0 Å². The molecule has 0 fully saturated rings. The maximum Gasteiger partial charge on any atom is 0.358 e. The summed E-state index contributed by atoms with van der Waals surface area (Å²) in [6.45, 7) is -0.0810. The molecule has 0 aliphatic heterocycles. The van der Waals surface area contributed by atoms with Crippen LogP contribution >= 0.6 is 0 Å². The molecular weight excluding hydrogens is 316 g/mol. The van der Waals surface area contributed by atoms with Gasteiger partial charge in [-0.1, -0.05) is 5.21 Å². The van der Waals surface area contributed by atoms with Crippen LogP contribution in [0.5, 0.6) is 0 Å². The van der Waals surface area contributed by atoms with Crippen LogP contribution in [0.1, 0.15) is 16.2 Å². The molecule has 1 aromatic carbocycles. The Morgan fingerprint density at radius 1 is 1.25 bits per heavy atom. The first-order valence-corrected chi connectivity index (χ1v) is 6.72. The predicted molar refractivity (Wildman–Crippen MR) is 79.2 cm³/mol. The van der Waals surface area contributed by atoms with Crippen molar-refractivity contribution in [2.24, 2.45) is 0 Å². The number of nitrogens with zero attached hydrogens (tertiary/aromatic N) is 6. The first-order valence-electron chi connectivity index (χ1n) is 6.72. The van der Waals surface area contributed by atoms with Gasteiger partial charge in [0.1, 0.15) is 12.3 Å². The van der Waals surface area contributed by atoms with E-state index < -0.39 is 10.9 Å². The van der Waals surface area contributed by atoms with Gasteiger partial charge in [0, 0.05) is 24.5 Å². The number of hydrogen-bond acceptors (Lipinski definition) is 8. The number of ether oxygens (including phenoxy) is 1. The van der Waals surface area contributed by atoms with Gasteiger partial charge in [0.25, 0.3) is 5.69 Å². The standard InChI is InChI=1S/C14H10N6O4/c21-14(13-7-15-5-6-16-13)24-9-10-8-19(18-17-10)11-1-3-12(4-2-11)20(22)23/h1-8H,9H2. The molecule has 0 spiro atoms. The molecule has 3 aromatic rings. The van der Waals surface area contributed by atoms with Crippen molar-refractivity contribution in [1.29, 1.82) is 0 Å². The maximum atomic E-state index is 11.8. The van der Waals surface area contributed by atoms with Crippen LogP contribution in [-0.2, 0) is 11.3 Å². The first kappa shape index (κ1) is 15.2. The smallest absolute Gasteiger partial charge is 0.358 e. The summed E-state index contributed by atoms with van der Waals surface area (Å²) in [7, 11) is 0. The quantitative estimate of drug-likeness (QED) is 0.390. The number of aromatic nitrogens is 5. The number of carbonyl (C=O) groups is 1. The zero-order valence-corrected chi connectivity index (χ0v) is 12.1. The number of benzene rings is 1. The maximum absolute atomic E-state index is 11.8. The molecule has 0 N–H and O–H groups in total. The molecule has 0 saturated carbocycles. The van der Waals surface area contributed by atoms with Crippen molar-refractivity contribution in [3.05, 3.63) is 70.6 Å². The van der Waals surface area contributed by atoms with Crippen LogP contribution in [0, 0.1) is 10.1 Å². The molecule has 0 unspecified atom stereocenters. The van der Waals surface area contributed by atoms with E-state index in [9.17, 15) is 14.9 Å². The van der Waals surface area contributed by atoms with E-state index in [2.05, 4.69) is 20.3 Å². The summed E-state index contributed by atoms with van der Waals surface area (Å²) >= 11 is 0. The molecule has 0 radical (unpaired) electrons. The molecule has 0 aliphatic rings. The van der Waals surface area contributed by atoms with E-state index >= 15 is 0 Å². The van der Waals surface area contributed by atoms with E-state index in [1.807, 2.05) is 0 Å². The fourth-order valence-electron chi connectivity index (χ4n) is 1.84. The van der Waals surface area contributed by atoms with Crippen LogP contribution in [0.3, 0.4) is 0 Å². The van der Waals surface area contributed by atoms with Crippen LogP contribution in [0.2, 0.25) is 0 Å². The first-order chi connectivity index (χ1) is 11.6. The summed E-state index contributed by atoms with van der Waals surface area (Å²) in [5, 5.41) is 18.4. The number of rotatable bonds is 5. The minimum absolute atomic E-state index is 0.0167. The second-order valence-electron chi connectivity index (χ2n) is 4.59. The summed E-state index contributed by atoms with van der Waals surface area (Å²) in [5.74, 6) is -0.618. The highest BCUT2D eigenvalue weighted by atomic mass is 16.6. The molecule has 2 aromatic heterocycles. The third-order valence-electron chi connectivity index (χ3n) is 2.99. The van der Waals surface area contributed by atoms with Crippen LogP contribution in [0.4, 0.5) is 5.69 Å². The van der Waals surface area contributed by atoms with E-state index in [-0.39, 0.29) is 18.0 Å². The molecule has 0 aliphatic carbocycles. The van der Waals surface area contributed by atoms with Gasteiger partial charge < -0.3 is 4.74 Å². The molecule has 120 valence electrons. The Morgan fingerprint density at radius 3 is 2.71 bits per heavy atom. The van der Waals surface area contributed by atoms with Gasteiger partial charge in [0.15, 0.2) is 5.69 Å². The van der Waals surface area contributed by atoms with E-state index in [0.717, 1.165) is 0 Å². The van der Waals surface area contributed by atoms with Crippen molar-refractivity contribution in [3.8, 4) is 5.69 Å². The summed E-state index contributed by atoms with van der Waals surface area (Å²) in [6.07, 6.45) is 5.70. The monoisotopic (exact) mass is 326 g/mol. The van der Waals surface area contributed by atoms with E-state index in [1.54, 1.807) is 18.3 Å². The summed E-state index contributed by atoms with van der Waals surface area (Å²) in [6, 6.07) is 5.82. The molecule has 2 heterocycles. The van der Waals surface area contributed by atoms with Gasteiger partial charge in [-0.25, -0.2) is 14.5 Å². The largest absolute Gasteiger partial charge is 0.454 e. The number of esters is 1. The van der Waals surface area contributed by atoms with Crippen LogP contribution < -0.4 is 0 Å². The van der Waals surface area contributed by atoms with Crippen molar-refractivity contribution >= 4 is 11.7 Å². The average molecular weight is 326 g/mol. The molecule has 24 heavy (non-hydrogen) atoms. The predicted octanol–water partition coefficient (Wildman–Crippen LogP) is 1.32. The van der Waals surface area contributed by atoms with Crippen molar-refractivity contribution in [3.63, 3.8) is 0 Å². The minimum atomic E-state index is -0.618. The van der Waals surface area contributed by atoms with Gasteiger partial charge in [-0.3, -0.25) is 15.1 Å². The molecule has 0 saturated heterocycles. The normalized spacial score (nSPS) is 10.3. The summed E-state index contributed by atoms with van der Waals surface area (Å²) in [5.41, 5.74) is 1.10. The Labute approximate surface area is 134 Å². The third-order valence-corrected chi connectivity index (χ3v) is 2.99.